The van der Waals surface area contributed by atoms with Crippen LogP contribution in [0.5, 0.6) is 11.5 Å². The molecule has 0 aromatic heterocycles. The van der Waals surface area contributed by atoms with Crippen LogP contribution in [0.3, 0.4) is 0 Å². The van der Waals surface area contributed by atoms with Crippen LogP contribution in [0.2, 0.25) is 0 Å². The van der Waals surface area contributed by atoms with Gasteiger partial charge in [0.15, 0.2) is 11.5 Å². The molecule has 0 amide bonds. The van der Waals surface area contributed by atoms with Gasteiger partial charge in [0.25, 0.3) is 0 Å². The van der Waals surface area contributed by atoms with Gasteiger partial charge in [0.2, 0.25) is 0 Å². The molecule has 2 aromatic rings. The summed E-state index contributed by atoms with van der Waals surface area (Å²) in [6.45, 7) is 19.3. The van der Waals surface area contributed by atoms with Crippen molar-refractivity contribution >= 4 is 30.0 Å². The predicted octanol–water partition coefficient (Wildman–Crippen LogP) is 10.6. The zero-order valence-corrected chi connectivity index (χ0v) is 28.1. The average molecular weight is 581 g/mol. The van der Waals surface area contributed by atoms with Crippen molar-refractivity contribution in [3.8, 4) is 11.5 Å². The van der Waals surface area contributed by atoms with Crippen molar-refractivity contribution in [2.24, 2.45) is 0 Å². The maximum Gasteiger partial charge on any atom is 0.162 e. The number of fused-ring (bicyclic) bond motifs is 1. The molecule has 1 unspecified atom stereocenters. The average Bonchev–Trinajstić information content (AvgIpc) is 2.99. The van der Waals surface area contributed by atoms with Crippen LogP contribution >= 0.6 is 12.6 Å². The smallest absolute Gasteiger partial charge is 0.162 e. The molecule has 1 N–H and O–H groups in total. The molecule has 5 heteroatoms. The van der Waals surface area contributed by atoms with Crippen LogP contribution in [-0.4, -0.2) is 26.8 Å². The van der Waals surface area contributed by atoms with Crippen molar-refractivity contribution in [3.63, 3.8) is 0 Å². The van der Waals surface area contributed by atoms with E-state index in [2.05, 4.69) is 107 Å². The molecule has 1 aliphatic rings. The lowest BCUT2D eigenvalue weighted by Crippen LogP contribution is -2.20. The van der Waals surface area contributed by atoms with Crippen LogP contribution in [0.1, 0.15) is 91.7 Å². The molecule has 41 heavy (non-hydrogen) atoms. The number of nitrogens with zero attached hydrogens (tertiary/aromatic N) is 1. The van der Waals surface area contributed by atoms with E-state index in [0.717, 1.165) is 60.6 Å². The third-order valence-corrected chi connectivity index (χ3v) is 6.59. The maximum atomic E-state index is 6.17. The number of hydrogen-bond acceptors (Lipinski definition) is 5. The summed E-state index contributed by atoms with van der Waals surface area (Å²) >= 11 is 4.42. The van der Waals surface area contributed by atoms with Crippen molar-refractivity contribution < 1.29 is 9.47 Å². The number of anilines is 1. The van der Waals surface area contributed by atoms with Crippen LogP contribution < -0.4 is 19.7 Å². The first kappa shape index (κ1) is 38.0. The topological polar surface area (TPSA) is 33.7 Å². The van der Waals surface area contributed by atoms with E-state index in [1.54, 1.807) is 13.3 Å². The summed E-state index contributed by atoms with van der Waals surface area (Å²) in [4.78, 5) is 3.26. The Morgan fingerprint density at radius 1 is 1.12 bits per heavy atom. The van der Waals surface area contributed by atoms with Gasteiger partial charge in [0.05, 0.1) is 18.9 Å². The molecule has 1 atom stereocenters. The Labute approximate surface area is 257 Å². The van der Waals surface area contributed by atoms with Gasteiger partial charge in [-0.3, -0.25) is 0 Å². The molecule has 1 heterocycles. The Kier molecular flexibility index (Phi) is 21.9. The first-order valence-electron chi connectivity index (χ1n) is 15.1. The van der Waals surface area contributed by atoms with Crippen molar-refractivity contribution in [3.05, 3.63) is 84.7 Å². The summed E-state index contributed by atoms with van der Waals surface area (Å²) in [6.07, 6.45) is 17.6. The molecule has 0 spiro atoms. The highest BCUT2D eigenvalue weighted by atomic mass is 32.1. The number of thiol groups is 1. The van der Waals surface area contributed by atoms with E-state index in [0.29, 0.717) is 0 Å². The van der Waals surface area contributed by atoms with Gasteiger partial charge in [0.1, 0.15) is 0 Å². The zero-order chi connectivity index (χ0) is 31.0. The lowest BCUT2D eigenvalue weighted by Gasteiger charge is -2.24. The minimum atomic E-state index is 0.231. The van der Waals surface area contributed by atoms with Crippen LogP contribution in [0.25, 0.3) is 11.6 Å². The van der Waals surface area contributed by atoms with Crippen molar-refractivity contribution in [1.82, 2.24) is 5.32 Å². The highest BCUT2D eigenvalue weighted by molar-refractivity contribution is 7.80. The second-order valence-corrected chi connectivity index (χ2v) is 9.65. The summed E-state index contributed by atoms with van der Waals surface area (Å²) in [7, 11) is 3.76. The maximum absolute atomic E-state index is 6.17. The zero-order valence-electron chi connectivity index (χ0n) is 27.2. The first-order chi connectivity index (χ1) is 19.9. The van der Waals surface area contributed by atoms with Gasteiger partial charge in [-0.15, -0.1) is 12.6 Å². The van der Waals surface area contributed by atoms with Crippen LogP contribution in [0.15, 0.2) is 78.5 Å². The number of benzene rings is 2. The van der Waals surface area contributed by atoms with E-state index in [1.165, 1.54) is 16.8 Å². The Morgan fingerprint density at radius 3 is 2.37 bits per heavy atom. The Balaban J connectivity index is 0.000000697. The highest BCUT2D eigenvalue weighted by Crippen LogP contribution is 2.33. The van der Waals surface area contributed by atoms with E-state index >= 15 is 0 Å². The van der Waals surface area contributed by atoms with E-state index in [-0.39, 0.29) is 6.10 Å². The fourth-order valence-corrected chi connectivity index (χ4v) is 4.52. The molecular formula is C36H56N2O2S. The molecule has 0 bridgehead atoms. The van der Waals surface area contributed by atoms with E-state index in [1.807, 2.05) is 45.2 Å². The Hall–Kier alpha value is -3.05. The number of methoxy groups -OCH3 is 1. The van der Waals surface area contributed by atoms with Gasteiger partial charge in [-0.05, 0) is 73.7 Å². The van der Waals surface area contributed by atoms with Crippen molar-refractivity contribution in [2.45, 2.75) is 91.6 Å². The number of hydrogen-bond donors (Lipinski definition) is 2. The summed E-state index contributed by atoms with van der Waals surface area (Å²) < 4.78 is 11.6. The minimum Gasteiger partial charge on any atom is -0.493 e. The molecule has 0 radical (unpaired) electrons. The van der Waals surface area contributed by atoms with E-state index < -0.39 is 0 Å². The molecule has 3 rings (SSSR count). The standard InChI is InChI=1S/C19H29NO2.C10H11NS.C5H10.C2H6/c1-6-10-17(8-3)22-19-13-16(11-12-18(19)21-5)15(7-2)14-20-9-4;1-11-7-3-5-8-4-2-6-9(12)10(8)11;1-3-5-4-2;1-2/h9,11-14,17,20H,4,6-8,10H2,1-3,5H3;2-6,12H,7H2,1H3;3,5H,4H2,1-2H3;1-2H3/b15-14+;;5-3-;. The lowest BCUT2D eigenvalue weighted by molar-refractivity contribution is 0.178. The quantitative estimate of drug-likeness (QED) is 0.205. The van der Waals surface area contributed by atoms with Gasteiger partial charge >= 0.3 is 0 Å². The minimum absolute atomic E-state index is 0.231. The number of likely N-dealkylation sites (N-methyl/N-ethyl adjacent to an activating group) is 1. The molecule has 4 nitrogen and oxygen atoms in total. The lowest BCUT2D eigenvalue weighted by atomic mass is 10.0. The fraction of sp³-hybridized carbons (Fsp3) is 0.444. The molecule has 1 aliphatic heterocycles. The van der Waals surface area contributed by atoms with Gasteiger partial charge in [-0.2, -0.15) is 0 Å². The number of rotatable bonds is 11. The normalized spacial score (nSPS) is 12.4. The second kappa shape index (κ2) is 23.6. The SMILES string of the molecule is C/C=C\CC.C=CN/C=C(\CC)c1ccc(OC)c(OC(CC)CCC)c1.CC.CN1CC=Cc2cccc(S)c21. The summed E-state index contributed by atoms with van der Waals surface area (Å²) in [5.41, 5.74) is 4.84. The fourth-order valence-electron chi connectivity index (χ4n) is 4.13. The third kappa shape index (κ3) is 13.9. The predicted molar refractivity (Wildman–Crippen MR) is 187 cm³/mol. The molecule has 228 valence electrons. The van der Waals surface area contributed by atoms with Gasteiger partial charge in [-0.25, -0.2) is 0 Å². The highest BCUT2D eigenvalue weighted by Gasteiger charge is 2.13. The van der Waals surface area contributed by atoms with E-state index in [4.69, 9.17) is 9.47 Å². The number of nitrogens with one attached hydrogen (secondary N) is 1. The summed E-state index contributed by atoms with van der Waals surface area (Å²) in [5.74, 6) is 1.60. The molecule has 2 aromatic carbocycles. The molecule has 0 fully saturated rings. The molecule has 0 saturated heterocycles. The van der Waals surface area contributed by atoms with Crippen molar-refractivity contribution in [1.29, 1.82) is 0 Å². The number of para-hydroxylation sites is 1. The summed E-state index contributed by atoms with van der Waals surface area (Å²) in [5, 5.41) is 3.05. The van der Waals surface area contributed by atoms with Crippen LogP contribution in [0, 0.1) is 0 Å². The molecule has 0 saturated carbocycles. The molecular weight excluding hydrogens is 524 g/mol. The Bertz CT molecular complexity index is 1080. The summed E-state index contributed by atoms with van der Waals surface area (Å²) in [6, 6.07) is 12.3. The monoisotopic (exact) mass is 580 g/mol. The number of allylic oxidation sites excluding steroid dienone is 3. The van der Waals surface area contributed by atoms with Crippen LogP contribution in [0.4, 0.5) is 5.69 Å². The van der Waals surface area contributed by atoms with Crippen LogP contribution in [-0.2, 0) is 0 Å². The van der Waals surface area contributed by atoms with Gasteiger partial charge in [0, 0.05) is 24.7 Å². The van der Waals surface area contributed by atoms with Crippen molar-refractivity contribution in [2.75, 3.05) is 25.6 Å². The van der Waals surface area contributed by atoms with Gasteiger partial charge in [-0.1, -0.05) is 97.0 Å². The van der Waals surface area contributed by atoms with E-state index in [9.17, 15) is 0 Å². The largest absolute Gasteiger partial charge is 0.493 e. The Morgan fingerprint density at radius 2 is 1.85 bits per heavy atom. The molecule has 0 aliphatic carbocycles. The second-order valence-electron chi connectivity index (χ2n) is 9.17. The third-order valence-electron chi connectivity index (χ3n) is 6.23. The number of ether oxygens (including phenoxy) is 2. The van der Waals surface area contributed by atoms with Gasteiger partial charge < -0.3 is 19.7 Å². The first-order valence-corrected chi connectivity index (χ1v) is 15.6.